The van der Waals surface area contributed by atoms with Crippen molar-refractivity contribution in [3.63, 3.8) is 0 Å². The fraction of sp³-hybridized carbons (Fsp3) is 0.579. The number of aliphatic hydroxyl groups excluding tert-OH is 1. The largest absolute Gasteiger partial charge is 0.394 e. The van der Waals surface area contributed by atoms with E-state index in [0.717, 1.165) is 30.6 Å². The van der Waals surface area contributed by atoms with Crippen LogP contribution < -0.4 is 16.0 Å². The van der Waals surface area contributed by atoms with E-state index in [4.69, 9.17) is 0 Å². The molecule has 1 aromatic rings. The summed E-state index contributed by atoms with van der Waals surface area (Å²) < 4.78 is 0. The van der Waals surface area contributed by atoms with Gasteiger partial charge in [-0.15, -0.1) is 0 Å². The number of amides is 3. The van der Waals surface area contributed by atoms with Crippen LogP contribution in [0.1, 0.15) is 31.2 Å². The summed E-state index contributed by atoms with van der Waals surface area (Å²) in [5.41, 5.74) is 1.10. The van der Waals surface area contributed by atoms with Gasteiger partial charge in [0, 0.05) is 17.4 Å². The van der Waals surface area contributed by atoms with Crippen molar-refractivity contribution in [2.24, 2.45) is 0 Å². The molecule has 142 valence electrons. The van der Waals surface area contributed by atoms with Crippen LogP contribution in [0.15, 0.2) is 30.3 Å². The highest BCUT2D eigenvalue weighted by Crippen LogP contribution is 2.33. The zero-order valence-corrected chi connectivity index (χ0v) is 15.6. The van der Waals surface area contributed by atoms with Crippen molar-refractivity contribution < 1.29 is 14.7 Å². The van der Waals surface area contributed by atoms with E-state index in [1.165, 1.54) is 0 Å². The van der Waals surface area contributed by atoms with Crippen molar-refractivity contribution in [1.82, 2.24) is 16.0 Å². The maximum Gasteiger partial charge on any atom is 0.315 e. The van der Waals surface area contributed by atoms with Crippen LogP contribution in [0.25, 0.3) is 0 Å². The second-order valence-corrected chi connectivity index (χ2v) is 8.28. The second kappa shape index (κ2) is 9.28. The first-order chi connectivity index (χ1) is 12.7. The van der Waals surface area contributed by atoms with Gasteiger partial charge in [0.25, 0.3) is 0 Å². The maximum atomic E-state index is 12.1. The normalized spacial score (nSPS) is 25.3. The smallest absolute Gasteiger partial charge is 0.315 e. The molecule has 0 spiro atoms. The number of carbonyl (C=O) groups is 2. The van der Waals surface area contributed by atoms with Gasteiger partial charge >= 0.3 is 6.03 Å². The predicted octanol–water partition coefficient (Wildman–Crippen LogP) is 1.43. The van der Waals surface area contributed by atoms with Crippen molar-refractivity contribution in [3.05, 3.63) is 35.9 Å². The molecule has 2 saturated heterocycles. The summed E-state index contributed by atoms with van der Waals surface area (Å²) in [5.74, 6) is 0.958. The zero-order valence-electron chi connectivity index (χ0n) is 14.8. The Bertz CT molecular complexity index is 613. The van der Waals surface area contributed by atoms with Gasteiger partial charge in [0.15, 0.2) is 0 Å². The Kier molecular flexibility index (Phi) is 6.80. The molecular weight excluding hydrogens is 350 g/mol. The highest BCUT2D eigenvalue weighted by Gasteiger charge is 2.42. The molecule has 0 bridgehead atoms. The van der Waals surface area contributed by atoms with E-state index in [2.05, 4.69) is 16.0 Å². The van der Waals surface area contributed by atoms with Crippen LogP contribution in [0, 0.1) is 0 Å². The Morgan fingerprint density at radius 1 is 1.27 bits per heavy atom. The lowest BCUT2D eigenvalue weighted by Crippen LogP contribution is -2.39. The molecule has 0 aromatic heterocycles. The summed E-state index contributed by atoms with van der Waals surface area (Å²) in [6, 6.07) is 10.0. The predicted molar refractivity (Wildman–Crippen MR) is 103 cm³/mol. The summed E-state index contributed by atoms with van der Waals surface area (Å²) in [6.45, 7) is -0.0604. The van der Waals surface area contributed by atoms with Gasteiger partial charge in [-0.3, -0.25) is 4.79 Å². The number of rotatable bonds is 9. The van der Waals surface area contributed by atoms with Crippen LogP contribution in [0.2, 0.25) is 0 Å². The van der Waals surface area contributed by atoms with Crippen LogP contribution in [0.3, 0.4) is 0 Å². The van der Waals surface area contributed by atoms with E-state index >= 15 is 0 Å². The average molecular weight is 378 g/mol. The van der Waals surface area contributed by atoms with E-state index in [-0.39, 0.29) is 36.7 Å². The van der Waals surface area contributed by atoms with Gasteiger partial charge in [0.05, 0.1) is 24.7 Å². The summed E-state index contributed by atoms with van der Waals surface area (Å²) in [6.07, 6.45) is 3.91. The molecule has 1 aromatic carbocycles. The number of hydrogen-bond donors (Lipinski definition) is 4. The van der Waals surface area contributed by atoms with Crippen LogP contribution >= 0.6 is 11.8 Å². The standard InChI is InChI=1S/C19H27N3O3S/c23-11-14(10-13-6-2-1-3-7-13)20-17(24)9-5-4-8-16-18-15(12-26-16)21-19(25)22-18/h1-3,6-7,14-16,18,23H,4-5,8-12H2,(H,20,24)(H2,21,22,25)/t14-,15+,16-,18+/m0/s1. The molecule has 6 nitrogen and oxygen atoms in total. The van der Waals surface area contributed by atoms with E-state index < -0.39 is 0 Å². The van der Waals surface area contributed by atoms with Gasteiger partial charge in [-0.1, -0.05) is 36.8 Å². The summed E-state index contributed by atoms with van der Waals surface area (Å²) in [4.78, 5) is 23.5. The quantitative estimate of drug-likeness (QED) is 0.387. The molecular formula is C19H27N3O3S. The number of thioether (sulfide) groups is 1. The Hall–Kier alpha value is -1.73. The molecule has 0 saturated carbocycles. The number of urea groups is 1. The second-order valence-electron chi connectivity index (χ2n) is 7.00. The molecule has 7 heteroatoms. The maximum absolute atomic E-state index is 12.1. The number of fused-ring (bicyclic) bond motifs is 1. The average Bonchev–Trinajstić information content (AvgIpc) is 3.18. The molecule has 2 aliphatic rings. The minimum absolute atomic E-state index is 0.00670. The van der Waals surface area contributed by atoms with Gasteiger partial charge in [-0.05, 0) is 24.8 Å². The molecule has 26 heavy (non-hydrogen) atoms. The molecule has 3 rings (SSSR count). The molecule has 2 aliphatic heterocycles. The highest BCUT2D eigenvalue weighted by molar-refractivity contribution is 8.00. The lowest BCUT2D eigenvalue weighted by atomic mass is 10.0. The Balaban J connectivity index is 1.33. The summed E-state index contributed by atoms with van der Waals surface area (Å²) in [7, 11) is 0. The number of hydrogen-bond acceptors (Lipinski definition) is 4. The van der Waals surface area contributed by atoms with Crippen molar-refractivity contribution in [2.45, 2.75) is 55.5 Å². The third-order valence-corrected chi connectivity index (χ3v) is 6.50. The number of nitrogens with one attached hydrogen (secondary N) is 3. The fourth-order valence-electron chi connectivity index (χ4n) is 3.63. The molecule has 3 amide bonds. The Labute approximate surface area is 158 Å². The van der Waals surface area contributed by atoms with E-state index in [9.17, 15) is 14.7 Å². The minimum Gasteiger partial charge on any atom is -0.394 e. The SMILES string of the molecule is O=C(CCCC[C@@H]1SC[C@H]2NC(=O)N[C@@H]12)N[C@H](CO)Cc1ccccc1. The summed E-state index contributed by atoms with van der Waals surface area (Å²) in [5, 5.41) is 18.8. The van der Waals surface area contributed by atoms with Gasteiger partial charge in [0.2, 0.25) is 5.91 Å². The molecule has 2 fully saturated rings. The third kappa shape index (κ3) is 5.14. The number of benzene rings is 1. The number of carbonyl (C=O) groups excluding carboxylic acids is 2. The van der Waals surface area contributed by atoms with Crippen LogP contribution in [0.4, 0.5) is 4.79 Å². The Morgan fingerprint density at radius 2 is 2.08 bits per heavy atom. The minimum atomic E-state index is -0.240. The third-order valence-electron chi connectivity index (χ3n) is 4.99. The molecule has 0 aliphatic carbocycles. The molecule has 4 atom stereocenters. The highest BCUT2D eigenvalue weighted by atomic mass is 32.2. The van der Waals surface area contributed by atoms with Crippen molar-refractivity contribution in [2.75, 3.05) is 12.4 Å². The topological polar surface area (TPSA) is 90.5 Å². The first-order valence-electron chi connectivity index (χ1n) is 9.28. The van der Waals surface area contributed by atoms with Gasteiger partial charge in [0.1, 0.15) is 0 Å². The van der Waals surface area contributed by atoms with Crippen molar-refractivity contribution >= 4 is 23.7 Å². The lowest BCUT2D eigenvalue weighted by Gasteiger charge is -2.18. The number of aliphatic hydroxyl groups is 1. The zero-order chi connectivity index (χ0) is 18.4. The summed E-state index contributed by atoms with van der Waals surface area (Å²) >= 11 is 1.90. The first kappa shape index (κ1) is 19.0. The lowest BCUT2D eigenvalue weighted by molar-refractivity contribution is -0.122. The molecule has 0 unspecified atom stereocenters. The van der Waals surface area contributed by atoms with Crippen molar-refractivity contribution in [1.29, 1.82) is 0 Å². The Morgan fingerprint density at radius 3 is 2.85 bits per heavy atom. The van der Waals surface area contributed by atoms with Crippen molar-refractivity contribution in [3.8, 4) is 0 Å². The van der Waals surface area contributed by atoms with E-state index in [1.54, 1.807) is 0 Å². The molecule has 2 heterocycles. The van der Waals surface area contributed by atoms with E-state index in [0.29, 0.717) is 18.1 Å². The van der Waals surface area contributed by atoms with E-state index in [1.807, 2.05) is 42.1 Å². The van der Waals surface area contributed by atoms with Crippen LogP contribution in [-0.4, -0.2) is 52.8 Å². The van der Waals surface area contributed by atoms with Crippen LogP contribution in [-0.2, 0) is 11.2 Å². The first-order valence-corrected chi connectivity index (χ1v) is 10.3. The van der Waals surface area contributed by atoms with Gasteiger partial charge in [-0.2, -0.15) is 11.8 Å². The fourth-order valence-corrected chi connectivity index (χ4v) is 5.18. The molecule has 0 radical (unpaired) electrons. The number of unbranched alkanes of at least 4 members (excludes halogenated alkanes) is 1. The van der Waals surface area contributed by atoms with Crippen LogP contribution in [0.5, 0.6) is 0 Å². The monoisotopic (exact) mass is 377 g/mol. The van der Waals surface area contributed by atoms with Gasteiger partial charge in [-0.25, -0.2) is 4.79 Å². The molecule has 4 N–H and O–H groups in total. The van der Waals surface area contributed by atoms with Gasteiger partial charge < -0.3 is 21.1 Å².